The normalized spacial score (nSPS) is 19.0. The van der Waals surface area contributed by atoms with Gasteiger partial charge in [-0.05, 0) is 38.4 Å². The van der Waals surface area contributed by atoms with Gasteiger partial charge < -0.3 is 9.51 Å². The van der Waals surface area contributed by atoms with Gasteiger partial charge in [0.05, 0.1) is 17.0 Å². The molecule has 1 saturated heterocycles. The van der Waals surface area contributed by atoms with Crippen LogP contribution in [0.15, 0.2) is 33.6 Å². The number of benzene rings is 1. The number of para-hydroxylation sites is 2. The zero-order chi connectivity index (χ0) is 16.5. The first-order valence-electron chi connectivity index (χ1n) is 8.19. The summed E-state index contributed by atoms with van der Waals surface area (Å²) >= 11 is 0. The second kappa shape index (κ2) is 6.16. The van der Waals surface area contributed by atoms with Gasteiger partial charge in [0, 0.05) is 13.1 Å². The lowest BCUT2D eigenvalue weighted by molar-refractivity contribution is 0.178. The first-order chi connectivity index (χ1) is 11.7. The highest BCUT2D eigenvalue weighted by molar-refractivity contribution is 5.73. The number of piperidine rings is 1. The van der Waals surface area contributed by atoms with Crippen molar-refractivity contribution in [2.45, 2.75) is 32.2 Å². The van der Waals surface area contributed by atoms with Gasteiger partial charge in [-0.1, -0.05) is 17.3 Å². The van der Waals surface area contributed by atoms with Crippen molar-refractivity contribution < 1.29 is 4.52 Å². The van der Waals surface area contributed by atoms with Crippen molar-refractivity contribution in [3.05, 3.63) is 52.0 Å². The Morgan fingerprint density at radius 1 is 1.33 bits per heavy atom. The van der Waals surface area contributed by atoms with Crippen molar-refractivity contribution in [2.75, 3.05) is 13.1 Å². The summed E-state index contributed by atoms with van der Waals surface area (Å²) in [4.78, 5) is 26.3. The van der Waals surface area contributed by atoms with Gasteiger partial charge in [-0.3, -0.25) is 9.69 Å². The fourth-order valence-electron chi connectivity index (χ4n) is 3.27. The highest BCUT2D eigenvalue weighted by Gasteiger charge is 2.26. The number of hydrogen-bond acceptors (Lipinski definition) is 6. The van der Waals surface area contributed by atoms with Crippen LogP contribution in [0.3, 0.4) is 0 Å². The molecule has 24 heavy (non-hydrogen) atoms. The summed E-state index contributed by atoms with van der Waals surface area (Å²) in [6.45, 7) is 4.10. The van der Waals surface area contributed by atoms with E-state index in [1.54, 1.807) is 0 Å². The summed E-state index contributed by atoms with van der Waals surface area (Å²) in [5, 5.41) is 3.88. The van der Waals surface area contributed by atoms with Crippen LogP contribution in [0, 0.1) is 6.92 Å². The largest absolute Gasteiger partial charge is 0.339 e. The molecule has 1 aliphatic heterocycles. The maximum atomic E-state index is 12.3. The fourth-order valence-corrected chi connectivity index (χ4v) is 3.27. The summed E-state index contributed by atoms with van der Waals surface area (Å²) in [5.41, 5.74) is 2.01. The Labute approximate surface area is 138 Å². The van der Waals surface area contributed by atoms with E-state index in [-0.39, 0.29) is 11.5 Å². The number of H-pyrrole nitrogens is 1. The van der Waals surface area contributed by atoms with E-state index in [1.165, 1.54) is 0 Å². The number of likely N-dealkylation sites (tertiary alicyclic amines) is 1. The molecule has 0 saturated carbocycles. The van der Waals surface area contributed by atoms with Gasteiger partial charge in [0.1, 0.15) is 5.69 Å². The van der Waals surface area contributed by atoms with Crippen molar-refractivity contribution in [2.24, 2.45) is 0 Å². The number of aryl methyl sites for hydroxylation is 1. The topological polar surface area (TPSA) is 87.9 Å². The average Bonchev–Trinajstić information content (AvgIpc) is 3.02. The van der Waals surface area contributed by atoms with Gasteiger partial charge in [-0.25, -0.2) is 4.98 Å². The van der Waals surface area contributed by atoms with Crippen LogP contribution < -0.4 is 5.56 Å². The van der Waals surface area contributed by atoms with Crippen LogP contribution in [-0.4, -0.2) is 38.1 Å². The second-order valence-electron chi connectivity index (χ2n) is 6.28. The second-order valence-corrected chi connectivity index (χ2v) is 6.28. The first kappa shape index (κ1) is 15.0. The number of fused-ring (bicyclic) bond motifs is 1. The van der Waals surface area contributed by atoms with Crippen LogP contribution in [0.5, 0.6) is 0 Å². The van der Waals surface area contributed by atoms with E-state index in [1.807, 2.05) is 31.2 Å². The van der Waals surface area contributed by atoms with Crippen LogP contribution in [-0.2, 0) is 6.54 Å². The molecule has 3 heterocycles. The Morgan fingerprint density at radius 2 is 2.21 bits per heavy atom. The third-order valence-electron chi connectivity index (χ3n) is 4.44. The highest BCUT2D eigenvalue weighted by atomic mass is 16.5. The molecule has 124 valence electrons. The van der Waals surface area contributed by atoms with E-state index in [2.05, 4.69) is 25.0 Å². The van der Waals surface area contributed by atoms with E-state index in [0.717, 1.165) is 37.0 Å². The van der Waals surface area contributed by atoms with Crippen LogP contribution in [0.1, 0.15) is 36.2 Å². The number of hydrogen-bond donors (Lipinski definition) is 1. The van der Waals surface area contributed by atoms with Crippen molar-refractivity contribution in [3.63, 3.8) is 0 Å². The smallest absolute Gasteiger partial charge is 0.271 e. The Hall–Kier alpha value is -2.54. The van der Waals surface area contributed by atoms with Crippen molar-refractivity contribution in [1.29, 1.82) is 0 Å². The first-order valence-corrected chi connectivity index (χ1v) is 8.19. The lowest BCUT2D eigenvalue weighted by atomic mass is 9.98. The van der Waals surface area contributed by atoms with Crippen LogP contribution in [0.2, 0.25) is 0 Å². The van der Waals surface area contributed by atoms with Gasteiger partial charge in [-0.2, -0.15) is 4.98 Å². The number of rotatable bonds is 3. The third kappa shape index (κ3) is 2.94. The molecule has 0 bridgehead atoms. The van der Waals surface area contributed by atoms with Gasteiger partial charge in [-0.15, -0.1) is 0 Å². The molecule has 0 amide bonds. The molecule has 3 aromatic rings. The molecule has 0 aliphatic carbocycles. The summed E-state index contributed by atoms with van der Waals surface area (Å²) in [6, 6.07) is 7.59. The maximum absolute atomic E-state index is 12.3. The molecular formula is C17H19N5O2. The van der Waals surface area contributed by atoms with Crippen molar-refractivity contribution in [1.82, 2.24) is 25.0 Å². The van der Waals surface area contributed by atoms with Crippen molar-refractivity contribution >= 4 is 11.0 Å². The standard InChI is InChI=1S/C17H19N5O2/c1-11-18-17(24-21-11)12-5-4-8-22(9-12)10-15-16(23)20-14-7-3-2-6-13(14)19-15/h2-3,6-7,12H,4-5,8-10H2,1H3,(H,20,23). The van der Waals surface area contributed by atoms with Crippen LogP contribution >= 0.6 is 0 Å². The molecule has 1 N–H and O–H groups in total. The van der Waals surface area contributed by atoms with E-state index in [4.69, 9.17) is 4.52 Å². The lowest BCUT2D eigenvalue weighted by Gasteiger charge is -2.30. The zero-order valence-corrected chi connectivity index (χ0v) is 13.5. The average molecular weight is 325 g/mol. The Bertz CT molecular complexity index is 916. The fraction of sp³-hybridized carbons (Fsp3) is 0.412. The van der Waals surface area contributed by atoms with Crippen LogP contribution in [0.25, 0.3) is 11.0 Å². The minimum atomic E-state index is -0.121. The predicted molar refractivity (Wildman–Crippen MR) is 88.7 cm³/mol. The minimum Gasteiger partial charge on any atom is -0.339 e. The molecule has 1 unspecified atom stereocenters. The molecule has 0 spiro atoms. The monoisotopic (exact) mass is 325 g/mol. The lowest BCUT2D eigenvalue weighted by Crippen LogP contribution is -2.36. The van der Waals surface area contributed by atoms with E-state index < -0.39 is 0 Å². The van der Waals surface area contributed by atoms with Gasteiger partial charge >= 0.3 is 0 Å². The van der Waals surface area contributed by atoms with Gasteiger partial charge in [0.15, 0.2) is 5.82 Å². The number of nitrogens with zero attached hydrogens (tertiary/aromatic N) is 4. The molecule has 0 radical (unpaired) electrons. The molecule has 2 aromatic heterocycles. The molecular weight excluding hydrogens is 306 g/mol. The van der Waals surface area contributed by atoms with Gasteiger partial charge in [0.25, 0.3) is 5.56 Å². The van der Waals surface area contributed by atoms with Crippen molar-refractivity contribution in [3.8, 4) is 0 Å². The number of nitrogens with one attached hydrogen (secondary N) is 1. The zero-order valence-electron chi connectivity index (χ0n) is 13.5. The highest BCUT2D eigenvalue weighted by Crippen LogP contribution is 2.26. The molecule has 1 aromatic carbocycles. The van der Waals surface area contributed by atoms with E-state index >= 15 is 0 Å². The summed E-state index contributed by atoms with van der Waals surface area (Å²) < 4.78 is 5.31. The maximum Gasteiger partial charge on any atom is 0.271 e. The van der Waals surface area contributed by atoms with Crippen LogP contribution in [0.4, 0.5) is 0 Å². The quantitative estimate of drug-likeness (QED) is 0.792. The molecule has 1 fully saturated rings. The molecule has 1 aliphatic rings. The number of aromatic nitrogens is 4. The Kier molecular flexibility index (Phi) is 3.86. The summed E-state index contributed by atoms with van der Waals surface area (Å²) in [6.07, 6.45) is 2.07. The third-order valence-corrected chi connectivity index (χ3v) is 4.44. The Morgan fingerprint density at radius 3 is 3.04 bits per heavy atom. The number of aromatic amines is 1. The van der Waals surface area contributed by atoms with E-state index in [0.29, 0.717) is 24.0 Å². The molecule has 7 heteroatoms. The Balaban J connectivity index is 1.54. The predicted octanol–water partition coefficient (Wildman–Crippen LogP) is 1.99. The molecule has 7 nitrogen and oxygen atoms in total. The molecule has 1 atom stereocenters. The summed E-state index contributed by atoms with van der Waals surface area (Å²) in [5.74, 6) is 1.58. The van der Waals surface area contributed by atoms with Gasteiger partial charge in [0.2, 0.25) is 5.89 Å². The SMILES string of the molecule is Cc1noc(C2CCCN(Cc3nc4ccccc4[nH]c3=O)C2)n1. The van der Waals surface area contributed by atoms with E-state index in [9.17, 15) is 4.79 Å². The summed E-state index contributed by atoms with van der Waals surface area (Å²) in [7, 11) is 0. The molecule has 4 rings (SSSR count). The minimum absolute atomic E-state index is 0.121.